The molecule has 0 atom stereocenters. The molecule has 0 saturated heterocycles. The number of alkyl halides is 3. The zero-order valence-electron chi connectivity index (χ0n) is 3.33. The van der Waals surface area contributed by atoms with Gasteiger partial charge in [-0.2, -0.15) is 0 Å². The molecule has 0 N–H and O–H groups in total. The molecule has 0 fully saturated rings. The van der Waals surface area contributed by atoms with E-state index in [4.69, 9.17) is 34.8 Å². The van der Waals surface area contributed by atoms with Crippen LogP contribution < -0.4 is 0 Å². The van der Waals surface area contributed by atoms with E-state index in [1.54, 1.807) is 0 Å². The second-order valence-corrected chi connectivity index (χ2v) is 3.30. The molecule has 0 rings (SSSR count). The topological polar surface area (TPSA) is 26.3 Å². The third-order valence-electron chi connectivity index (χ3n) is 0.302. The molecule has 0 spiro atoms. The molecule has 7 heteroatoms. The van der Waals surface area contributed by atoms with Gasteiger partial charge in [0, 0.05) is 0 Å². The maximum absolute atomic E-state index is 10.1. The normalized spacial score (nSPS) is 9.78. The van der Waals surface area contributed by atoms with Gasteiger partial charge in [-0.1, -0.05) is 34.8 Å². The zero-order chi connectivity index (χ0) is 6.78. The van der Waals surface area contributed by atoms with Crippen LogP contribution >= 0.6 is 46.7 Å². The Morgan fingerprint density at radius 3 is 1.67 bits per heavy atom. The SMILES string of the molecule is O=C(OCl)C(Cl)(Cl)Cl.[KH]. The average Bonchev–Trinajstić information content (AvgIpc) is 1.62. The molecule has 0 saturated carbocycles. The monoisotopic (exact) mass is 236 g/mol. The first kappa shape index (κ1) is 13.8. The van der Waals surface area contributed by atoms with E-state index in [0.29, 0.717) is 0 Å². The molecule has 0 aliphatic carbocycles. The number of halogens is 4. The molecule has 0 aliphatic rings. The van der Waals surface area contributed by atoms with Crippen molar-refractivity contribution in [3.63, 3.8) is 0 Å². The molecule has 2 nitrogen and oxygen atoms in total. The van der Waals surface area contributed by atoms with E-state index in [1.165, 1.54) is 0 Å². The van der Waals surface area contributed by atoms with Crippen molar-refractivity contribution < 1.29 is 9.08 Å². The van der Waals surface area contributed by atoms with E-state index < -0.39 is 9.76 Å². The summed E-state index contributed by atoms with van der Waals surface area (Å²) in [5, 5.41) is 0. The zero-order valence-corrected chi connectivity index (χ0v) is 6.35. The molecule has 0 amide bonds. The van der Waals surface area contributed by atoms with E-state index in [1.807, 2.05) is 0 Å². The van der Waals surface area contributed by atoms with Crippen LogP contribution in [0.1, 0.15) is 0 Å². The van der Waals surface area contributed by atoms with E-state index in [-0.39, 0.29) is 51.4 Å². The van der Waals surface area contributed by atoms with Crippen LogP contribution in [-0.2, 0) is 9.08 Å². The fourth-order valence-corrected chi connectivity index (χ4v) is 0.394. The van der Waals surface area contributed by atoms with Gasteiger partial charge in [-0.25, -0.2) is 4.79 Å². The Bertz CT molecular complexity index is 99.2. The van der Waals surface area contributed by atoms with E-state index in [0.717, 1.165) is 0 Å². The summed E-state index contributed by atoms with van der Waals surface area (Å²) in [5.41, 5.74) is 0. The Morgan fingerprint density at radius 1 is 1.33 bits per heavy atom. The molecular weight excluding hydrogens is 237 g/mol. The fourth-order valence-electron chi connectivity index (χ4n) is 0.0437. The van der Waals surface area contributed by atoms with Crippen LogP contribution in [0.15, 0.2) is 0 Å². The average molecular weight is 238 g/mol. The van der Waals surface area contributed by atoms with E-state index in [9.17, 15) is 4.79 Å². The van der Waals surface area contributed by atoms with Gasteiger partial charge in [-0.3, -0.25) is 0 Å². The van der Waals surface area contributed by atoms with Crippen LogP contribution in [-0.4, -0.2) is 61.1 Å². The van der Waals surface area contributed by atoms with Crippen LogP contribution in [0.2, 0.25) is 0 Å². The van der Waals surface area contributed by atoms with Crippen molar-refractivity contribution in [2.75, 3.05) is 0 Å². The number of hydrogen-bond donors (Lipinski definition) is 0. The van der Waals surface area contributed by atoms with Gasteiger partial charge in [0.05, 0.1) is 0 Å². The summed E-state index contributed by atoms with van der Waals surface area (Å²) in [6.07, 6.45) is 0. The van der Waals surface area contributed by atoms with E-state index in [2.05, 4.69) is 16.2 Å². The van der Waals surface area contributed by atoms with E-state index >= 15 is 0 Å². The van der Waals surface area contributed by atoms with Crippen molar-refractivity contribution in [1.29, 1.82) is 0 Å². The van der Waals surface area contributed by atoms with Crippen molar-refractivity contribution in [1.82, 2.24) is 0 Å². The summed E-state index contributed by atoms with van der Waals surface area (Å²) in [5.74, 6) is -1.11. The second-order valence-electron chi connectivity index (χ2n) is 0.862. The van der Waals surface area contributed by atoms with Crippen molar-refractivity contribution in [2.24, 2.45) is 0 Å². The predicted molar refractivity (Wildman–Crippen MR) is 39.4 cm³/mol. The van der Waals surface area contributed by atoms with Crippen molar-refractivity contribution in [3.05, 3.63) is 0 Å². The quantitative estimate of drug-likeness (QED) is 0.471. The first-order valence-electron chi connectivity index (χ1n) is 1.38. The number of carbonyl (C=O) groups is 1. The molecule has 50 valence electrons. The number of rotatable bonds is 0. The van der Waals surface area contributed by atoms with Gasteiger partial charge in [0.2, 0.25) is 0 Å². The van der Waals surface area contributed by atoms with Gasteiger partial charge in [0.1, 0.15) is 11.9 Å². The minimum absolute atomic E-state index is 0. The molecule has 0 aromatic rings. The predicted octanol–water partition coefficient (Wildman–Crippen LogP) is 1.41. The van der Waals surface area contributed by atoms with Crippen LogP contribution in [0.3, 0.4) is 0 Å². The Hall–Kier alpha value is 2.27. The van der Waals surface area contributed by atoms with Gasteiger partial charge in [0.15, 0.2) is 0 Å². The van der Waals surface area contributed by atoms with Gasteiger partial charge in [0.25, 0.3) is 3.79 Å². The third-order valence-corrected chi connectivity index (χ3v) is 0.905. The maximum atomic E-state index is 10.1. The summed E-state index contributed by atoms with van der Waals surface area (Å²) >= 11 is 19.4. The standard InChI is InChI=1S/C2Cl4O2.K.H/c3-2(4,5)1(7)8-6;;. The molecule has 0 aromatic carbocycles. The van der Waals surface area contributed by atoms with Crippen molar-refractivity contribution in [2.45, 2.75) is 3.79 Å². The molecule has 0 unspecified atom stereocenters. The van der Waals surface area contributed by atoms with Crippen molar-refractivity contribution in [3.8, 4) is 0 Å². The fraction of sp³-hybridized carbons (Fsp3) is 0.500. The first-order valence-corrected chi connectivity index (χ1v) is 2.82. The molecule has 0 heterocycles. The second kappa shape index (κ2) is 5.86. The van der Waals surface area contributed by atoms with Gasteiger partial charge in [-0.05, 0) is 0 Å². The van der Waals surface area contributed by atoms with Crippen molar-refractivity contribution >= 4 is 104 Å². The Morgan fingerprint density at radius 2 is 1.67 bits per heavy atom. The minimum atomic E-state index is -2.07. The Kier molecular flexibility index (Phi) is 9.00. The summed E-state index contributed by atoms with van der Waals surface area (Å²) < 4.78 is 1.48. The Labute approximate surface area is 115 Å². The molecule has 0 radical (unpaired) electrons. The summed E-state index contributed by atoms with van der Waals surface area (Å²) in [4.78, 5) is 10.1. The molecular formula is C2HCl4KO2. The van der Waals surface area contributed by atoms with Gasteiger partial charge < -0.3 is 4.29 Å². The summed E-state index contributed by atoms with van der Waals surface area (Å²) in [6.45, 7) is 0. The van der Waals surface area contributed by atoms with Crippen LogP contribution in [0, 0.1) is 0 Å². The molecule has 0 bridgehead atoms. The molecule has 9 heavy (non-hydrogen) atoms. The first-order chi connectivity index (χ1) is 3.48. The molecule has 0 aromatic heterocycles. The summed E-state index contributed by atoms with van der Waals surface area (Å²) in [6, 6.07) is 0. The number of carbonyl (C=O) groups excluding carboxylic acids is 1. The Balaban J connectivity index is 0. The number of hydrogen-bond acceptors (Lipinski definition) is 2. The summed E-state index contributed by atoms with van der Waals surface area (Å²) in [7, 11) is 0. The van der Waals surface area contributed by atoms with Crippen LogP contribution in [0.25, 0.3) is 0 Å². The van der Waals surface area contributed by atoms with Gasteiger partial charge in [-0.15, -0.1) is 0 Å². The van der Waals surface area contributed by atoms with Crippen LogP contribution in [0.5, 0.6) is 0 Å². The van der Waals surface area contributed by atoms with Gasteiger partial charge >= 0.3 is 57.4 Å². The third kappa shape index (κ3) is 6.66. The molecule has 0 aliphatic heterocycles. The van der Waals surface area contributed by atoms with Crippen LogP contribution in [0.4, 0.5) is 0 Å².